The van der Waals surface area contributed by atoms with E-state index >= 15 is 0 Å². The van der Waals surface area contributed by atoms with Gasteiger partial charge in [-0.2, -0.15) is 0 Å². The summed E-state index contributed by atoms with van der Waals surface area (Å²) in [6.07, 6.45) is 0. The van der Waals surface area contributed by atoms with Gasteiger partial charge in [-0.1, -0.05) is 12.1 Å². The van der Waals surface area contributed by atoms with Crippen LogP contribution in [0.4, 0.5) is 9.18 Å². The number of hydrogen-bond acceptors (Lipinski definition) is 2. The zero-order valence-electron chi connectivity index (χ0n) is 7.61. The molecule has 0 heterocycles. The normalized spacial score (nSPS) is 11.8. The van der Waals surface area contributed by atoms with Crippen LogP contribution in [0.3, 0.4) is 0 Å². The van der Waals surface area contributed by atoms with Crippen molar-refractivity contribution in [2.75, 3.05) is 0 Å². The largest absolute Gasteiger partial charge is 0.479 e. The van der Waals surface area contributed by atoms with Crippen molar-refractivity contribution in [2.24, 2.45) is 5.73 Å². The number of carboxylic acids is 1. The van der Waals surface area contributed by atoms with Gasteiger partial charge in [0, 0.05) is 0 Å². The van der Waals surface area contributed by atoms with E-state index in [2.05, 4.69) is 0 Å². The molecule has 80 valence electrons. The molecule has 0 aliphatic rings. The average molecular weight is 212 g/mol. The monoisotopic (exact) mass is 212 g/mol. The summed E-state index contributed by atoms with van der Waals surface area (Å²) >= 11 is 0. The minimum absolute atomic E-state index is 0.253. The SMILES string of the molecule is NC(=O)N[C@@H](C(=O)O)c1ccc(F)cc1. The molecule has 4 N–H and O–H groups in total. The van der Waals surface area contributed by atoms with Crippen LogP contribution in [0.2, 0.25) is 0 Å². The van der Waals surface area contributed by atoms with Crippen molar-refractivity contribution in [3.8, 4) is 0 Å². The minimum atomic E-state index is -1.26. The van der Waals surface area contributed by atoms with E-state index in [0.717, 1.165) is 12.1 Å². The second kappa shape index (κ2) is 4.41. The smallest absolute Gasteiger partial charge is 0.330 e. The summed E-state index contributed by atoms with van der Waals surface area (Å²) in [5, 5.41) is 10.8. The van der Waals surface area contributed by atoms with E-state index in [9.17, 15) is 14.0 Å². The van der Waals surface area contributed by atoms with Gasteiger partial charge in [-0.15, -0.1) is 0 Å². The first kappa shape index (κ1) is 11.0. The number of carboxylic acid groups (broad SMARTS) is 1. The van der Waals surface area contributed by atoms with Crippen LogP contribution in [0.25, 0.3) is 0 Å². The first-order valence-electron chi connectivity index (χ1n) is 4.05. The quantitative estimate of drug-likeness (QED) is 0.685. The maximum Gasteiger partial charge on any atom is 0.330 e. The molecule has 0 bridgehead atoms. The molecule has 0 saturated heterocycles. The highest BCUT2D eigenvalue weighted by Crippen LogP contribution is 2.13. The number of primary amides is 1. The number of urea groups is 1. The van der Waals surface area contributed by atoms with Crippen molar-refractivity contribution in [3.05, 3.63) is 35.6 Å². The molecule has 1 atom stereocenters. The molecular formula is C9H9FN2O3. The molecule has 0 unspecified atom stereocenters. The van der Waals surface area contributed by atoms with Crippen molar-refractivity contribution in [3.63, 3.8) is 0 Å². The van der Waals surface area contributed by atoms with Crippen LogP contribution < -0.4 is 11.1 Å². The maximum atomic E-state index is 12.6. The number of nitrogens with one attached hydrogen (secondary N) is 1. The van der Waals surface area contributed by atoms with E-state index in [1.165, 1.54) is 12.1 Å². The standard InChI is InChI=1S/C9H9FN2O3/c10-6-3-1-5(2-4-6)7(8(13)14)12-9(11)15/h1-4,7H,(H,13,14)(H3,11,12,15)/t7-/m1/s1. The van der Waals surface area contributed by atoms with Gasteiger partial charge < -0.3 is 16.2 Å². The summed E-state index contributed by atoms with van der Waals surface area (Å²) in [7, 11) is 0. The van der Waals surface area contributed by atoms with Gasteiger partial charge >= 0.3 is 12.0 Å². The molecule has 6 heteroatoms. The number of nitrogens with two attached hydrogens (primary N) is 1. The number of benzene rings is 1. The first-order valence-corrected chi connectivity index (χ1v) is 4.05. The van der Waals surface area contributed by atoms with E-state index in [4.69, 9.17) is 10.8 Å². The van der Waals surface area contributed by atoms with Crippen molar-refractivity contribution in [2.45, 2.75) is 6.04 Å². The van der Waals surface area contributed by atoms with Crippen molar-refractivity contribution >= 4 is 12.0 Å². The molecule has 0 saturated carbocycles. The number of carbonyl (C=O) groups is 2. The number of aliphatic carboxylic acids is 1. The van der Waals surface area contributed by atoms with Crippen molar-refractivity contribution in [1.82, 2.24) is 5.32 Å². The highest BCUT2D eigenvalue weighted by atomic mass is 19.1. The van der Waals surface area contributed by atoms with Crippen molar-refractivity contribution < 1.29 is 19.1 Å². The second-order valence-corrected chi connectivity index (χ2v) is 2.83. The Bertz CT molecular complexity index is 377. The predicted molar refractivity (Wildman–Crippen MR) is 49.5 cm³/mol. The Morgan fingerprint density at radius 2 is 1.87 bits per heavy atom. The van der Waals surface area contributed by atoms with Gasteiger partial charge in [-0.25, -0.2) is 14.0 Å². The number of carbonyl (C=O) groups excluding carboxylic acids is 1. The Kier molecular flexibility index (Phi) is 3.22. The van der Waals surface area contributed by atoms with Gasteiger partial charge in [-0.05, 0) is 17.7 Å². The minimum Gasteiger partial charge on any atom is -0.479 e. The lowest BCUT2D eigenvalue weighted by atomic mass is 10.1. The Labute approximate surface area is 84.7 Å². The molecule has 0 fully saturated rings. The van der Waals surface area contributed by atoms with Gasteiger partial charge in [0.2, 0.25) is 0 Å². The molecule has 1 aromatic carbocycles. The Morgan fingerprint density at radius 3 is 2.27 bits per heavy atom. The summed E-state index contributed by atoms with van der Waals surface area (Å²) in [5.41, 5.74) is 5.06. The van der Waals surface area contributed by atoms with Crippen LogP contribution in [0.1, 0.15) is 11.6 Å². The number of hydrogen-bond donors (Lipinski definition) is 3. The van der Waals surface area contributed by atoms with Crippen LogP contribution >= 0.6 is 0 Å². The summed E-state index contributed by atoms with van der Waals surface area (Å²) < 4.78 is 12.6. The highest BCUT2D eigenvalue weighted by Gasteiger charge is 2.20. The van der Waals surface area contributed by atoms with E-state index in [1.54, 1.807) is 0 Å². The van der Waals surface area contributed by atoms with Crippen LogP contribution in [0.15, 0.2) is 24.3 Å². The van der Waals surface area contributed by atoms with E-state index < -0.39 is 23.9 Å². The van der Waals surface area contributed by atoms with Gasteiger partial charge in [-0.3, -0.25) is 0 Å². The molecule has 0 aliphatic heterocycles. The van der Waals surface area contributed by atoms with Crippen LogP contribution in [-0.4, -0.2) is 17.1 Å². The highest BCUT2D eigenvalue weighted by molar-refractivity contribution is 5.82. The average Bonchev–Trinajstić information content (AvgIpc) is 2.15. The van der Waals surface area contributed by atoms with E-state index in [-0.39, 0.29) is 5.56 Å². The zero-order valence-corrected chi connectivity index (χ0v) is 7.61. The van der Waals surface area contributed by atoms with E-state index in [1.807, 2.05) is 5.32 Å². The lowest BCUT2D eigenvalue weighted by molar-refractivity contribution is -0.139. The first-order chi connectivity index (χ1) is 7.00. The lowest BCUT2D eigenvalue weighted by Gasteiger charge is -2.12. The van der Waals surface area contributed by atoms with Gasteiger partial charge in [0.1, 0.15) is 5.82 Å². The summed E-state index contributed by atoms with van der Waals surface area (Å²) in [6.45, 7) is 0. The third-order valence-corrected chi connectivity index (χ3v) is 1.74. The molecule has 1 aromatic rings. The van der Waals surface area contributed by atoms with Gasteiger partial charge in [0.25, 0.3) is 0 Å². The molecule has 5 nitrogen and oxygen atoms in total. The molecule has 0 aromatic heterocycles. The number of halogens is 1. The van der Waals surface area contributed by atoms with Gasteiger partial charge in [0.15, 0.2) is 6.04 Å². The molecule has 15 heavy (non-hydrogen) atoms. The Hall–Kier alpha value is -2.11. The van der Waals surface area contributed by atoms with Crippen LogP contribution in [-0.2, 0) is 4.79 Å². The Morgan fingerprint density at radius 1 is 1.33 bits per heavy atom. The predicted octanol–water partition coefficient (Wildman–Crippen LogP) is 0.620. The van der Waals surface area contributed by atoms with Crippen LogP contribution in [0.5, 0.6) is 0 Å². The fraction of sp³-hybridized carbons (Fsp3) is 0.111. The molecule has 0 aliphatic carbocycles. The lowest BCUT2D eigenvalue weighted by Crippen LogP contribution is -2.37. The number of amides is 2. The summed E-state index contributed by atoms with van der Waals surface area (Å²) in [6, 6.07) is 2.53. The fourth-order valence-electron chi connectivity index (χ4n) is 1.09. The second-order valence-electron chi connectivity index (χ2n) is 2.83. The van der Waals surface area contributed by atoms with E-state index in [0.29, 0.717) is 0 Å². The summed E-state index contributed by atoms with van der Waals surface area (Å²) in [4.78, 5) is 21.3. The molecule has 0 radical (unpaired) electrons. The maximum absolute atomic E-state index is 12.6. The van der Waals surface area contributed by atoms with Crippen LogP contribution in [0, 0.1) is 5.82 Å². The molecule has 1 rings (SSSR count). The third kappa shape index (κ3) is 2.94. The third-order valence-electron chi connectivity index (χ3n) is 1.74. The molecule has 2 amide bonds. The topological polar surface area (TPSA) is 92.4 Å². The molecule has 0 spiro atoms. The van der Waals surface area contributed by atoms with Gasteiger partial charge in [0.05, 0.1) is 0 Å². The summed E-state index contributed by atoms with van der Waals surface area (Å²) in [5.74, 6) is -1.75. The fourth-order valence-corrected chi connectivity index (χ4v) is 1.09. The van der Waals surface area contributed by atoms with Crippen molar-refractivity contribution in [1.29, 1.82) is 0 Å². The number of rotatable bonds is 3. The Balaban J connectivity index is 2.94. The molecular weight excluding hydrogens is 203 g/mol. The zero-order chi connectivity index (χ0) is 11.4.